The van der Waals surface area contributed by atoms with Gasteiger partial charge in [-0.1, -0.05) is 54.1 Å². The summed E-state index contributed by atoms with van der Waals surface area (Å²) in [4.78, 5) is 4.80. The number of benzene rings is 3. The zero-order chi connectivity index (χ0) is 18.8. The number of nitrogens with zero attached hydrogens (tertiary/aromatic N) is 2. The Bertz CT molecular complexity index is 1090. The summed E-state index contributed by atoms with van der Waals surface area (Å²) in [6.07, 6.45) is 0. The highest BCUT2D eigenvalue weighted by Crippen LogP contribution is 2.25. The normalized spacial score (nSPS) is 11.1. The van der Waals surface area contributed by atoms with Crippen molar-refractivity contribution >= 4 is 22.6 Å². The van der Waals surface area contributed by atoms with E-state index >= 15 is 0 Å². The fourth-order valence-electron chi connectivity index (χ4n) is 3.22. The highest BCUT2D eigenvalue weighted by atomic mass is 35.5. The zero-order valence-electron chi connectivity index (χ0n) is 15.4. The summed E-state index contributed by atoms with van der Waals surface area (Å²) < 4.78 is 8.31. The molecule has 1 heterocycles. The van der Waals surface area contributed by atoms with E-state index in [0.717, 1.165) is 34.7 Å². The van der Waals surface area contributed by atoms with Crippen LogP contribution in [-0.2, 0) is 13.2 Å². The van der Waals surface area contributed by atoms with E-state index in [-0.39, 0.29) is 0 Å². The minimum atomic E-state index is 0.406. The van der Waals surface area contributed by atoms with Crippen LogP contribution in [-0.4, -0.2) is 9.55 Å². The summed E-state index contributed by atoms with van der Waals surface area (Å²) in [7, 11) is 0. The molecule has 0 radical (unpaired) electrons. The van der Waals surface area contributed by atoms with Gasteiger partial charge >= 0.3 is 0 Å². The molecule has 0 N–H and O–H groups in total. The van der Waals surface area contributed by atoms with Crippen molar-refractivity contribution in [3.05, 3.63) is 94.3 Å². The quantitative estimate of drug-likeness (QED) is 0.431. The molecular weight excluding hydrogens is 356 g/mol. The summed E-state index contributed by atoms with van der Waals surface area (Å²) in [5.41, 5.74) is 5.54. The summed E-state index contributed by atoms with van der Waals surface area (Å²) in [5.74, 6) is 1.78. The molecular formula is C23H21ClN2O. The number of aromatic nitrogens is 2. The standard InChI is InChI=1S/C23H21ClN2O/c1-16-7-6-10-22(17(16)2)27-15-23-25-20-12-11-19(24)13-21(20)26(23)14-18-8-4-3-5-9-18/h3-13H,14-15H2,1-2H3. The molecule has 0 aliphatic carbocycles. The molecule has 4 rings (SSSR count). The van der Waals surface area contributed by atoms with Crippen molar-refractivity contribution in [2.45, 2.75) is 27.0 Å². The van der Waals surface area contributed by atoms with Gasteiger partial charge < -0.3 is 9.30 Å². The van der Waals surface area contributed by atoms with Gasteiger partial charge in [0.05, 0.1) is 11.0 Å². The van der Waals surface area contributed by atoms with Gasteiger partial charge in [0.2, 0.25) is 0 Å². The average Bonchev–Trinajstić information content (AvgIpc) is 3.01. The van der Waals surface area contributed by atoms with Gasteiger partial charge in [-0.3, -0.25) is 0 Å². The first kappa shape index (κ1) is 17.6. The van der Waals surface area contributed by atoms with E-state index in [2.05, 4.69) is 36.6 Å². The van der Waals surface area contributed by atoms with Crippen LogP contribution < -0.4 is 4.74 Å². The third kappa shape index (κ3) is 3.69. The Morgan fingerprint density at radius 2 is 1.78 bits per heavy atom. The number of hydrogen-bond donors (Lipinski definition) is 0. The van der Waals surface area contributed by atoms with Crippen molar-refractivity contribution in [1.82, 2.24) is 9.55 Å². The first-order chi connectivity index (χ1) is 13.1. The molecule has 1 aromatic heterocycles. The monoisotopic (exact) mass is 376 g/mol. The van der Waals surface area contributed by atoms with Crippen molar-refractivity contribution in [3.63, 3.8) is 0 Å². The highest BCUT2D eigenvalue weighted by molar-refractivity contribution is 6.31. The minimum Gasteiger partial charge on any atom is -0.485 e. The lowest BCUT2D eigenvalue weighted by molar-refractivity contribution is 0.289. The van der Waals surface area contributed by atoms with E-state index < -0.39 is 0 Å². The van der Waals surface area contributed by atoms with Crippen LogP contribution in [0.1, 0.15) is 22.5 Å². The van der Waals surface area contributed by atoms with Crippen LogP contribution >= 0.6 is 11.6 Å². The van der Waals surface area contributed by atoms with Crippen molar-refractivity contribution in [2.75, 3.05) is 0 Å². The van der Waals surface area contributed by atoms with Gasteiger partial charge in [0.1, 0.15) is 18.2 Å². The van der Waals surface area contributed by atoms with E-state index in [1.54, 1.807) is 0 Å². The second-order valence-electron chi connectivity index (χ2n) is 6.72. The maximum absolute atomic E-state index is 6.24. The first-order valence-corrected chi connectivity index (χ1v) is 9.37. The lowest BCUT2D eigenvalue weighted by atomic mass is 10.1. The lowest BCUT2D eigenvalue weighted by Crippen LogP contribution is -2.09. The molecule has 0 atom stereocenters. The molecule has 0 saturated carbocycles. The van der Waals surface area contributed by atoms with Crippen molar-refractivity contribution in [1.29, 1.82) is 0 Å². The molecule has 4 aromatic rings. The molecule has 0 unspecified atom stereocenters. The molecule has 3 nitrogen and oxygen atoms in total. The SMILES string of the molecule is Cc1cccc(OCc2nc3ccc(Cl)cc3n2Cc2ccccc2)c1C. The summed E-state index contributed by atoms with van der Waals surface area (Å²) >= 11 is 6.24. The number of imidazole rings is 1. The molecule has 0 amide bonds. The zero-order valence-corrected chi connectivity index (χ0v) is 16.2. The number of halogens is 1. The molecule has 0 saturated heterocycles. The van der Waals surface area contributed by atoms with E-state index in [4.69, 9.17) is 21.3 Å². The Balaban J connectivity index is 1.70. The van der Waals surface area contributed by atoms with Crippen molar-refractivity contribution in [3.8, 4) is 5.75 Å². The van der Waals surface area contributed by atoms with Crippen molar-refractivity contribution < 1.29 is 4.74 Å². The van der Waals surface area contributed by atoms with Crippen LogP contribution in [0.5, 0.6) is 5.75 Å². The number of aryl methyl sites for hydroxylation is 1. The molecule has 0 aliphatic rings. The van der Waals surface area contributed by atoms with Crippen LogP contribution in [0.2, 0.25) is 5.02 Å². The predicted octanol–water partition coefficient (Wildman–Crippen LogP) is 5.93. The fraction of sp³-hybridized carbons (Fsp3) is 0.174. The Morgan fingerprint density at radius 1 is 0.963 bits per heavy atom. The van der Waals surface area contributed by atoms with E-state index in [1.165, 1.54) is 11.1 Å². The molecule has 136 valence electrons. The molecule has 0 aliphatic heterocycles. The fourth-order valence-corrected chi connectivity index (χ4v) is 3.39. The second kappa shape index (κ2) is 7.45. The maximum atomic E-state index is 6.24. The summed E-state index contributed by atoms with van der Waals surface area (Å²) in [5, 5.41) is 0.707. The largest absolute Gasteiger partial charge is 0.485 e. The second-order valence-corrected chi connectivity index (χ2v) is 7.16. The highest BCUT2D eigenvalue weighted by Gasteiger charge is 2.13. The van der Waals surface area contributed by atoms with Gasteiger partial charge in [-0.05, 0) is 54.8 Å². The van der Waals surface area contributed by atoms with E-state index in [9.17, 15) is 0 Å². The lowest BCUT2D eigenvalue weighted by Gasteiger charge is -2.13. The van der Waals surface area contributed by atoms with E-state index in [0.29, 0.717) is 11.6 Å². The molecule has 4 heteroatoms. The Labute approximate surface area is 164 Å². The Kier molecular flexibility index (Phi) is 4.87. The topological polar surface area (TPSA) is 27.1 Å². The maximum Gasteiger partial charge on any atom is 0.148 e. The van der Waals surface area contributed by atoms with Gasteiger partial charge in [0, 0.05) is 11.6 Å². The van der Waals surface area contributed by atoms with Crippen LogP contribution in [0.4, 0.5) is 0 Å². The van der Waals surface area contributed by atoms with Crippen LogP contribution in [0.3, 0.4) is 0 Å². The predicted molar refractivity (Wildman–Crippen MR) is 111 cm³/mol. The van der Waals surface area contributed by atoms with E-state index in [1.807, 2.05) is 48.5 Å². The van der Waals surface area contributed by atoms with Crippen LogP contribution in [0.15, 0.2) is 66.7 Å². The third-order valence-electron chi connectivity index (χ3n) is 4.88. The molecule has 0 bridgehead atoms. The smallest absolute Gasteiger partial charge is 0.148 e. The van der Waals surface area contributed by atoms with Gasteiger partial charge in [0.15, 0.2) is 0 Å². The van der Waals surface area contributed by atoms with Gasteiger partial charge in [-0.2, -0.15) is 0 Å². The van der Waals surface area contributed by atoms with Gasteiger partial charge in [-0.25, -0.2) is 4.98 Å². The molecule has 0 fully saturated rings. The van der Waals surface area contributed by atoms with Gasteiger partial charge in [0.25, 0.3) is 0 Å². The Hall–Kier alpha value is -2.78. The first-order valence-electron chi connectivity index (χ1n) is 8.99. The number of ether oxygens (including phenoxy) is 1. The van der Waals surface area contributed by atoms with Crippen LogP contribution in [0, 0.1) is 13.8 Å². The number of fused-ring (bicyclic) bond motifs is 1. The summed E-state index contributed by atoms with van der Waals surface area (Å²) in [6.45, 7) is 5.30. The average molecular weight is 377 g/mol. The van der Waals surface area contributed by atoms with Gasteiger partial charge in [-0.15, -0.1) is 0 Å². The third-order valence-corrected chi connectivity index (χ3v) is 5.12. The number of rotatable bonds is 5. The Morgan fingerprint density at radius 3 is 2.59 bits per heavy atom. The molecule has 27 heavy (non-hydrogen) atoms. The minimum absolute atomic E-state index is 0.406. The number of hydrogen-bond acceptors (Lipinski definition) is 2. The van der Waals surface area contributed by atoms with Crippen LogP contribution in [0.25, 0.3) is 11.0 Å². The summed E-state index contributed by atoms with van der Waals surface area (Å²) in [6, 6.07) is 22.3. The van der Waals surface area contributed by atoms with Crippen molar-refractivity contribution in [2.24, 2.45) is 0 Å². The molecule has 3 aromatic carbocycles. The molecule has 0 spiro atoms.